The van der Waals surface area contributed by atoms with Gasteiger partial charge >= 0.3 is 6.18 Å². The SMILES string of the molecule is Cc1cc(OCCOc2ccc(/C=C3\C(=N)N4N=C(C(F)(F)F)SC4=NC3=O)cc2)ccc1Cl. The second-order valence-corrected chi connectivity index (χ2v) is 8.46. The summed E-state index contributed by atoms with van der Waals surface area (Å²) in [5.41, 5.74) is 1.28. The van der Waals surface area contributed by atoms with Crippen molar-refractivity contribution in [3.8, 4) is 11.5 Å². The van der Waals surface area contributed by atoms with Gasteiger partial charge in [0.2, 0.25) is 10.2 Å². The van der Waals surface area contributed by atoms with Crippen molar-refractivity contribution in [3.63, 3.8) is 0 Å². The first-order valence-corrected chi connectivity index (χ1v) is 11.0. The van der Waals surface area contributed by atoms with E-state index in [9.17, 15) is 18.0 Å². The Hall–Kier alpha value is -3.31. The number of nitrogens with one attached hydrogen (secondary N) is 1. The van der Waals surface area contributed by atoms with E-state index in [-0.39, 0.29) is 29.1 Å². The number of alkyl halides is 3. The number of amides is 1. The van der Waals surface area contributed by atoms with E-state index in [1.54, 1.807) is 36.4 Å². The molecule has 0 aromatic heterocycles. The number of rotatable bonds is 6. The van der Waals surface area contributed by atoms with Crippen LogP contribution < -0.4 is 9.47 Å². The maximum absolute atomic E-state index is 12.9. The number of amidine groups is 2. The van der Waals surface area contributed by atoms with Crippen LogP contribution in [0, 0.1) is 12.3 Å². The lowest BCUT2D eigenvalue weighted by Gasteiger charge is -2.20. The van der Waals surface area contributed by atoms with Gasteiger partial charge in [0, 0.05) is 5.02 Å². The molecule has 2 heterocycles. The van der Waals surface area contributed by atoms with Crippen molar-refractivity contribution in [1.29, 1.82) is 5.41 Å². The van der Waals surface area contributed by atoms with Gasteiger partial charge in [0.05, 0.1) is 5.57 Å². The third-order valence-electron chi connectivity index (χ3n) is 4.64. The molecule has 0 spiro atoms. The van der Waals surface area contributed by atoms with Crippen LogP contribution in [0.4, 0.5) is 13.2 Å². The Labute approximate surface area is 201 Å². The van der Waals surface area contributed by atoms with E-state index in [1.807, 2.05) is 13.0 Å². The number of fused-ring (bicyclic) bond motifs is 1. The summed E-state index contributed by atoms with van der Waals surface area (Å²) in [5, 5.41) is 11.4. The van der Waals surface area contributed by atoms with Gasteiger partial charge in [-0.15, -0.1) is 0 Å². The van der Waals surface area contributed by atoms with Gasteiger partial charge in [0.15, 0.2) is 5.84 Å². The summed E-state index contributed by atoms with van der Waals surface area (Å²) >= 11 is 6.20. The van der Waals surface area contributed by atoms with E-state index in [2.05, 4.69) is 10.1 Å². The van der Waals surface area contributed by atoms with Crippen LogP contribution in [-0.4, -0.2) is 46.4 Å². The quantitative estimate of drug-likeness (QED) is 0.423. The Kier molecular flexibility index (Phi) is 6.67. The molecule has 12 heteroatoms. The molecule has 1 N–H and O–H groups in total. The molecule has 7 nitrogen and oxygen atoms in total. The standard InChI is InChI=1S/C22H16ClF3N4O3S/c1-12-10-15(6-7-17(12)23)33-9-8-32-14-4-2-13(3-5-14)11-16-18(27)30-21(28-19(16)31)34-20(29-30)22(24,25)26/h2-7,10-11,27H,8-9H2,1H3/b16-11+,27-18?. The Morgan fingerprint density at radius 1 is 1.12 bits per heavy atom. The fourth-order valence-electron chi connectivity index (χ4n) is 2.96. The molecule has 2 aromatic rings. The molecule has 0 saturated heterocycles. The van der Waals surface area contributed by atoms with Crippen molar-refractivity contribution in [1.82, 2.24) is 5.01 Å². The molecule has 1 amide bonds. The van der Waals surface area contributed by atoms with E-state index >= 15 is 0 Å². The number of thioether (sulfide) groups is 1. The van der Waals surface area contributed by atoms with Crippen LogP contribution in [0.25, 0.3) is 6.08 Å². The number of aryl methyl sites for hydroxylation is 1. The third kappa shape index (κ3) is 5.26. The van der Waals surface area contributed by atoms with Gasteiger partial charge in [-0.3, -0.25) is 10.2 Å². The summed E-state index contributed by atoms with van der Waals surface area (Å²) in [4.78, 5) is 15.9. The highest BCUT2D eigenvalue weighted by Crippen LogP contribution is 2.35. The van der Waals surface area contributed by atoms with E-state index in [0.717, 1.165) is 5.56 Å². The molecule has 2 aliphatic rings. The highest BCUT2D eigenvalue weighted by molar-refractivity contribution is 8.27. The van der Waals surface area contributed by atoms with Crippen LogP contribution in [0.1, 0.15) is 11.1 Å². The maximum atomic E-state index is 12.9. The fourth-order valence-corrected chi connectivity index (χ4v) is 3.84. The van der Waals surface area contributed by atoms with Crippen LogP contribution in [-0.2, 0) is 4.79 Å². The molecule has 0 atom stereocenters. The fraction of sp³-hybridized carbons (Fsp3) is 0.182. The molecule has 4 rings (SSSR count). The third-order valence-corrected chi connectivity index (χ3v) is 6.02. The van der Waals surface area contributed by atoms with E-state index < -0.39 is 23.0 Å². The summed E-state index contributed by atoms with van der Waals surface area (Å²) < 4.78 is 50.0. The summed E-state index contributed by atoms with van der Waals surface area (Å²) in [5.74, 6) is -0.0475. The number of ether oxygens (including phenoxy) is 2. The predicted octanol–water partition coefficient (Wildman–Crippen LogP) is 5.29. The van der Waals surface area contributed by atoms with E-state index in [4.69, 9.17) is 26.5 Å². The summed E-state index contributed by atoms with van der Waals surface area (Å²) in [6.07, 6.45) is -3.32. The number of carbonyl (C=O) groups is 1. The molecule has 2 aliphatic heterocycles. The van der Waals surface area contributed by atoms with Crippen LogP contribution in [0.5, 0.6) is 11.5 Å². The number of hydrogen-bond donors (Lipinski definition) is 1. The largest absolute Gasteiger partial charge is 0.490 e. The first-order chi connectivity index (χ1) is 16.1. The summed E-state index contributed by atoms with van der Waals surface area (Å²) in [6, 6.07) is 12.0. The number of hydrogen-bond acceptors (Lipinski definition) is 6. The lowest BCUT2D eigenvalue weighted by atomic mass is 10.1. The first-order valence-electron chi connectivity index (χ1n) is 9.81. The molecule has 0 fully saturated rings. The number of carbonyl (C=O) groups excluding carboxylic acids is 1. The lowest BCUT2D eigenvalue weighted by Crippen LogP contribution is -2.35. The van der Waals surface area contributed by atoms with Gasteiger partial charge in [0.1, 0.15) is 24.7 Å². The molecule has 34 heavy (non-hydrogen) atoms. The van der Waals surface area contributed by atoms with Crippen LogP contribution >= 0.6 is 23.4 Å². The van der Waals surface area contributed by atoms with Crippen molar-refractivity contribution in [2.24, 2.45) is 10.1 Å². The topological polar surface area (TPSA) is 87.3 Å². The molecule has 0 bridgehead atoms. The Morgan fingerprint density at radius 3 is 2.41 bits per heavy atom. The average molecular weight is 509 g/mol. The smallest absolute Gasteiger partial charge is 0.441 e. The molecule has 176 valence electrons. The first kappa shape index (κ1) is 23.8. The molecule has 0 aliphatic carbocycles. The van der Waals surface area contributed by atoms with Crippen LogP contribution in [0.2, 0.25) is 5.02 Å². The number of benzene rings is 2. The van der Waals surface area contributed by atoms with Crippen molar-refractivity contribution >= 4 is 51.4 Å². The number of hydrazone groups is 1. The van der Waals surface area contributed by atoms with Gasteiger partial charge in [-0.05, 0) is 66.2 Å². The van der Waals surface area contributed by atoms with Crippen molar-refractivity contribution in [2.75, 3.05) is 13.2 Å². The Morgan fingerprint density at radius 2 is 1.76 bits per heavy atom. The molecule has 0 saturated carbocycles. The van der Waals surface area contributed by atoms with Gasteiger partial charge < -0.3 is 9.47 Å². The highest BCUT2D eigenvalue weighted by atomic mass is 35.5. The zero-order valence-corrected chi connectivity index (χ0v) is 19.1. The molecular weight excluding hydrogens is 493 g/mol. The van der Waals surface area contributed by atoms with Crippen molar-refractivity contribution in [3.05, 3.63) is 64.2 Å². The molecule has 0 unspecified atom stereocenters. The Balaban J connectivity index is 1.37. The summed E-state index contributed by atoms with van der Waals surface area (Å²) in [7, 11) is 0. The lowest BCUT2D eigenvalue weighted by molar-refractivity contribution is -0.114. The minimum absolute atomic E-state index is 0.170. The van der Waals surface area contributed by atoms with Crippen molar-refractivity contribution < 1.29 is 27.4 Å². The second kappa shape index (κ2) is 9.51. The van der Waals surface area contributed by atoms with Gasteiger partial charge in [0.25, 0.3) is 5.91 Å². The predicted molar refractivity (Wildman–Crippen MR) is 125 cm³/mol. The minimum Gasteiger partial charge on any atom is -0.490 e. The number of nitrogens with zero attached hydrogens (tertiary/aromatic N) is 3. The normalized spacial score (nSPS) is 17.0. The van der Waals surface area contributed by atoms with Crippen LogP contribution in [0.15, 0.2) is 58.1 Å². The maximum Gasteiger partial charge on any atom is 0.441 e. The van der Waals surface area contributed by atoms with Gasteiger partial charge in [-0.2, -0.15) is 28.3 Å². The zero-order chi connectivity index (χ0) is 24.5. The average Bonchev–Trinajstić information content (AvgIpc) is 3.22. The van der Waals surface area contributed by atoms with Gasteiger partial charge in [-0.25, -0.2) is 0 Å². The summed E-state index contributed by atoms with van der Waals surface area (Å²) in [6.45, 7) is 2.48. The Bertz CT molecular complexity index is 1240. The van der Waals surface area contributed by atoms with Gasteiger partial charge in [-0.1, -0.05) is 23.7 Å². The van der Waals surface area contributed by atoms with Crippen molar-refractivity contribution in [2.45, 2.75) is 13.1 Å². The van der Waals surface area contributed by atoms with Crippen LogP contribution in [0.3, 0.4) is 0 Å². The second-order valence-electron chi connectivity index (χ2n) is 7.10. The molecule has 0 radical (unpaired) electrons. The number of halogens is 4. The molecular formula is C22H16ClF3N4O3S. The molecule has 2 aromatic carbocycles. The minimum atomic E-state index is -4.69. The highest BCUT2D eigenvalue weighted by Gasteiger charge is 2.46. The number of aliphatic imine (C=N–C) groups is 1. The van der Waals surface area contributed by atoms with E-state index in [1.165, 1.54) is 6.08 Å². The zero-order valence-electron chi connectivity index (χ0n) is 17.5. The van der Waals surface area contributed by atoms with E-state index in [0.29, 0.717) is 33.7 Å². The monoisotopic (exact) mass is 508 g/mol.